The number of hydrazone groups is 1. The number of carbonyl (C=O) groups is 1. The Labute approximate surface area is 163 Å². The molecule has 0 radical (unpaired) electrons. The molecule has 3 aromatic rings. The average molecular weight is 402 g/mol. The molecule has 1 aromatic heterocycles. The molecule has 0 atom stereocenters. The van der Waals surface area contributed by atoms with Crippen LogP contribution in [-0.4, -0.2) is 21.9 Å². The molecule has 1 N–H and O–H groups in total. The summed E-state index contributed by atoms with van der Waals surface area (Å²) in [6, 6.07) is 11.1. The molecule has 29 heavy (non-hydrogen) atoms. The summed E-state index contributed by atoms with van der Waals surface area (Å²) in [6.07, 6.45) is -2.71. The van der Waals surface area contributed by atoms with E-state index < -0.39 is 17.6 Å². The fourth-order valence-electron chi connectivity index (χ4n) is 2.78. The molecule has 9 heteroatoms. The van der Waals surface area contributed by atoms with Crippen LogP contribution in [0.2, 0.25) is 0 Å². The van der Waals surface area contributed by atoms with Crippen LogP contribution in [0.15, 0.2) is 58.4 Å². The van der Waals surface area contributed by atoms with Gasteiger partial charge in [-0.3, -0.25) is 9.59 Å². The van der Waals surface area contributed by atoms with Crippen molar-refractivity contribution in [1.82, 2.24) is 15.2 Å². The summed E-state index contributed by atoms with van der Waals surface area (Å²) in [4.78, 5) is 25.0. The van der Waals surface area contributed by atoms with Gasteiger partial charge in [-0.25, -0.2) is 10.1 Å². The minimum absolute atomic E-state index is 0.00911. The molecule has 0 saturated heterocycles. The molecule has 1 amide bonds. The van der Waals surface area contributed by atoms with Crippen molar-refractivity contribution < 1.29 is 18.0 Å². The number of nitrogens with one attached hydrogen (secondary N) is 1. The minimum Gasteiger partial charge on any atom is -0.267 e. The summed E-state index contributed by atoms with van der Waals surface area (Å²) < 4.78 is 39.5. The first-order valence-electron chi connectivity index (χ1n) is 8.81. The highest BCUT2D eigenvalue weighted by atomic mass is 19.4. The molecule has 0 fully saturated rings. The number of aryl methyl sites for hydroxylation is 1. The molecular formula is C20H17F3N4O2. The van der Waals surface area contributed by atoms with Crippen LogP contribution in [0.3, 0.4) is 0 Å². The second kappa shape index (κ2) is 8.26. The van der Waals surface area contributed by atoms with Crippen molar-refractivity contribution >= 4 is 22.9 Å². The van der Waals surface area contributed by atoms with Gasteiger partial charge in [-0.15, -0.1) is 0 Å². The highest BCUT2D eigenvalue weighted by molar-refractivity contribution is 6.04. The van der Waals surface area contributed by atoms with Gasteiger partial charge in [-0.2, -0.15) is 23.4 Å². The van der Waals surface area contributed by atoms with E-state index in [0.717, 1.165) is 18.3 Å². The topological polar surface area (TPSA) is 76.3 Å². The molecule has 0 aliphatic heterocycles. The molecule has 0 unspecified atom stereocenters. The first kappa shape index (κ1) is 20.2. The highest BCUT2D eigenvalue weighted by Gasteiger charge is 2.30. The van der Waals surface area contributed by atoms with Crippen LogP contribution in [0, 0.1) is 0 Å². The smallest absolute Gasteiger partial charge is 0.267 e. The molecule has 150 valence electrons. The van der Waals surface area contributed by atoms with E-state index in [1.165, 1.54) is 16.8 Å². The summed E-state index contributed by atoms with van der Waals surface area (Å²) >= 11 is 0. The lowest BCUT2D eigenvalue weighted by Crippen LogP contribution is -2.29. The standard InChI is InChI=1S/C20H17F3N4O2/c1-2-10-27-19(29)16-9-4-3-8-15(16)17(26-27)18(28)25-24-12-13-6-5-7-14(11-13)20(21,22)23/h3-9,11-12H,2,10H2,1H3,(H,25,28)/b24-12-. The Bertz CT molecular complexity index is 1140. The average Bonchev–Trinajstić information content (AvgIpc) is 2.70. The Morgan fingerprint density at radius 2 is 1.90 bits per heavy atom. The maximum atomic E-state index is 12.8. The van der Waals surface area contributed by atoms with E-state index in [1.54, 1.807) is 24.3 Å². The first-order valence-corrected chi connectivity index (χ1v) is 8.81. The third kappa shape index (κ3) is 4.50. The summed E-state index contributed by atoms with van der Waals surface area (Å²) in [6.45, 7) is 2.22. The molecule has 1 heterocycles. The van der Waals surface area contributed by atoms with E-state index >= 15 is 0 Å². The third-order valence-corrected chi connectivity index (χ3v) is 4.11. The van der Waals surface area contributed by atoms with Gasteiger partial charge in [0.1, 0.15) is 0 Å². The normalized spacial score (nSPS) is 11.9. The number of hydrogen-bond donors (Lipinski definition) is 1. The predicted octanol–water partition coefficient (Wildman–Crippen LogP) is 3.59. The molecule has 3 rings (SSSR count). The summed E-state index contributed by atoms with van der Waals surface area (Å²) in [7, 11) is 0. The largest absolute Gasteiger partial charge is 0.416 e. The van der Waals surface area contributed by atoms with Crippen LogP contribution in [0.5, 0.6) is 0 Å². The molecule has 0 saturated carbocycles. The van der Waals surface area contributed by atoms with Crippen LogP contribution in [0.1, 0.15) is 35.0 Å². The van der Waals surface area contributed by atoms with Gasteiger partial charge in [0, 0.05) is 11.9 Å². The van der Waals surface area contributed by atoms with E-state index in [2.05, 4.69) is 15.6 Å². The number of alkyl halides is 3. The first-order chi connectivity index (χ1) is 13.8. The van der Waals surface area contributed by atoms with E-state index in [1.807, 2.05) is 6.92 Å². The van der Waals surface area contributed by atoms with Crippen LogP contribution in [0.25, 0.3) is 10.8 Å². The van der Waals surface area contributed by atoms with Gasteiger partial charge in [0.15, 0.2) is 5.69 Å². The maximum Gasteiger partial charge on any atom is 0.416 e. The lowest BCUT2D eigenvalue weighted by Gasteiger charge is -2.09. The molecular weight excluding hydrogens is 385 g/mol. The lowest BCUT2D eigenvalue weighted by molar-refractivity contribution is -0.137. The fourth-order valence-corrected chi connectivity index (χ4v) is 2.78. The Hall–Kier alpha value is -3.49. The molecule has 0 aliphatic rings. The Morgan fingerprint density at radius 3 is 2.59 bits per heavy atom. The number of rotatable bonds is 5. The monoisotopic (exact) mass is 402 g/mol. The van der Waals surface area contributed by atoms with Crippen LogP contribution >= 0.6 is 0 Å². The Morgan fingerprint density at radius 1 is 1.17 bits per heavy atom. The van der Waals surface area contributed by atoms with Crippen LogP contribution in [-0.2, 0) is 12.7 Å². The minimum atomic E-state index is -4.47. The second-order valence-corrected chi connectivity index (χ2v) is 6.24. The van der Waals surface area contributed by atoms with Crippen molar-refractivity contribution in [3.63, 3.8) is 0 Å². The molecule has 0 aliphatic carbocycles. The second-order valence-electron chi connectivity index (χ2n) is 6.24. The van der Waals surface area contributed by atoms with Crippen molar-refractivity contribution in [2.45, 2.75) is 26.1 Å². The molecule has 6 nitrogen and oxygen atoms in total. The van der Waals surface area contributed by atoms with Crippen LogP contribution in [0.4, 0.5) is 13.2 Å². The molecule has 0 spiro atoms. The van der Waals surface area contributed by atoms with Gasteiger partial charge in [0.05, 0.1) is 17.2 Å². The SMILES string of the molecule is CCCn1nc(C(=O)N/N=C\c2cccc(C(F)(F)F)c2)c2ccccc2c1=O. The zero-order chi connectivity index (χ0) is 21.0. The van der Waals surface area contributed by atoms with Gasteiger partial charge >= 0.3 is 6.18 Å². The maximum absolute atomic E-state index is 12.8. The van der Waals surface area contributed by atoms with Crippen molar-refractivity contribution in [1.29, 1.82) is 0 Å². The van der Waals surface area contributed by atoms with E-state index in [0.29, 0.717) is 23.7 Å². The number of amides is 1. The van der Waals surface area contributed by atoms with Crippen molar-refractivity contribution in [3.05, 3.63) is 75.7 Å². The van der Waals surface area contributed by atoms with Crippen LogP contribution < -0.4 is 11.0 Å². The third-order valence-electron chi connectivity index (χ3n) is 4.11. The highest BCUT2D eigenvalue weighted by Crippen LogP contribution is 2.29. The zero-order valence-electron chi connectivity index (χ0n) is 15.4. The number of fused-ring (bicyclic) bond motifs is 1. The van der Waals surface area contributed by atoms with Crippen molar-refractivity contribution in [2.75, 3.05) is 0 Å². The summed E-state index contributed by atoms with van der Waals surface area (Å²) in [5.74, 6) is -0.672. The molecule has 0 bridgehead atoms. The predicted molar refractivity (Wildman–Crippen MR) is 103 cm³/mol. The van der Waals surface area contributed by atoms with Gasteiger partial charge in [0.25, 0.3) is 11.5 Å². The Kier molecular flexibility index (Phi) is 5.76. The van der Waals surface area contributed by atoms with E-state index in [9.17, 15) is 22.8 Å². The summed E-state index contributed by atoms with van der Waals surface area (Å²) in [5.41, 5.74) is 1.33. The van der Waals surface area contributed by atoms with E-state index in [-0.39, 0.29) is 16.8 Å². The van der Waals surface area contributed by atoms with Gasteiger partial charge in [0.2, 0.25) is 0 Å². The Balaban J connectivity index is 1.88. The number of aromatic nitrogens is 2. The van der Waals surface area contributed by atoms with Gasteiger partial charge < -0.3 is 0 Å². The quantitative estimate of drug-likeness (QED) is 0.523. The number of nitrogens with zero attached hydrogens (tertiary/aromatic N) is 3. The summed E-state index contributed by atoms with van der Waals surface area (Å²) in [5, 5.41) is 8.58. The molecule has 2 aromatic carbocycles. The fraction of sp³-hybridized carbons (Fsp3) is 0.200. The van der Waals surface area contributed by atoms with Crippen molar-refractivity contribution in [3.8, 4) is 0 Å². The van der Waals surface area contributed by atoms with Gasteiger partial charge in [-0.05, 0) is 30.2 Å². The number of hydrogen-bond acceptors (Lipinski definition) is 4. The zero-order valence-corrected chi connectivity index (χ0v) is 15.4. The lowest BCUT2D eigenvalue weighted by atomic mass is 10.1. The number of benzene rings is 2. The van der Waals surface area contributed by atoms with Gasteiger partial charge in [-0.1, -0.05) is 37.3 Å². The van der Waals surface area contributed by atoms with Crippen molar-refractivity contribution in [2.24, 2.45) is 5.10 Å². The number of carbonyl (C=O) groups excluding carboxylic acids is 1. The number of halogens is 3. The van der Waals surface area contributed by atoms with E-state index in [4.69, 9.17) is 0 Å².